The molecule has 0 radical (unpaired) electrons. The minimum absolute atomic E-state index is 0.0439. The van der Waals surface area contributed by atoms with Crippen molar-refractivity contribution in [1.29, 1.82) is 0 Å². The second kappa shape index (κ2) is 7.59. The molecular formula is C14H24N2O4. The third-order valence-corrected chi connectivity index (χ3v) is 3.95. The van der Waals surface area contributed by atoms with E-state index in [2.05, 4.69) is 10.1 Å². The molecule has 0 aromatic carbocycles. The average Bonchev–Trinajstić information content (AvgIpc) is 2.47. The van der Waals surface area contributed by atoms with Gasteiger partial charge in [0.2, 0.25) is 5.91 Å². The van der Waals surface area contributed by atoms with Gasteiger partial charge in [0.1, 0.15) is 0 Å². The molecule has 1 aliphatic heterocycles. The number of rotatable bonds is 4. The van der Waals surface area contributed by atoms with Gasteiger partial charge in [-0.25, -0.2) is 4.79 Å². The molecule has 20 heavy (non-hydrogen) atoms. The van der Waals surface area contributed by atoms with E-state index in [4.69, 9.17) is 4.74 Å². The van der Waals surface area contributed by atoms with Crippen LogP contribution >= 0.6 is 0 Å². The minimum Gasteiger partial charge on any atom is -0.467 e. The van der Waals surface area contributed by atoms with Gasteiger partial charge in [-0.05, 0) is 12.8 Å². The molecule has 2 rings (SSSR count). The second-order valence-electron chi connectivity index (χ2n) is 5.52. The predicted octanol–water partition coefficient (Wildman–Crippen LogP) is 0.309. The zero-order chi connectivity index (χ0) is 14.4. The molecule has 0 bridgehead atoms. The molecule has 2 aliphatic rings. The van der Waals surface area contributed by atoms with Crippen molar-refractivity contribution in [1.82, 2.24) is 10.2 Å². The van der Waals surface area contributed by atoms with E-state index in [-0.39, 0.29) is 11.9 Å². The lowest BCUT2D eigenvalue weighted by atomic mass is 9.95. The van der Waals surface area contributed by atoms with E-state index in [0.29, 0.717) is 32.3 Å². The Balaban J connectivity index is 1.74. The van der Waals surface area contributed by atoms with Crippen LogP contribution in [0.15, 0.2) is 0 Å². The van der Waals surface area contributed by atoms with E-state index in [1.54, 1.807) is 0 Å². The van der Waals surface area contributed by atoms with Gasteiger partial charge in [0.25, 0.3) is 0 Å². The zero-order valence-corrected chi connectivity index (χ0v) is 12.1. The highest BCUT2D eigenvalue weighted by molar-refractivity contribution is 5.79. The Kier molecular flexibility index (Phi) is 5.79. The zero-order valence-electron chi connectivity index (χ0n) is 12.1. The first-order valence-electron chi connectivity index (χ1n) is 7.40. The van der Waals surface area contributed by atoms with Crippen molar-refractivity contribution in [3.63, 3.8) is 0 Å². The van der Waals surface area contributed by atoms with Crippen LogP contribution in [0.4, 0.5) is 0 Å². The van der Waals surface area contributed by atoms with E-state index < -0.39 is 6.10 Å². The van der Waals surface area contributed by atoms with Crippen molar-refractivity contribution >= 4 is 11.9 Å². The summed E-state index contributed by atoms with van der Waals surface area (Å²) < 4.78 is 10.0. The van der Waals surface area contributed by atoms with Gasteiger partial charge in [-0.3, -0.25) is 9.69 Å². The van der Waals surface area contributed by atoms with Crippen LogP contribution in [0.5, 0.6) is 0 Å². The molecule has 2 fully saturated rings. The highest BCUT2D eigenvalue weighted by Crippen LogP contribution is 2.17. The van der Waals surface area contributed by atoms with Gasteiger partial charge >= 0.3 is 5.97 Å². The molecule has 0 aromatic heterocycles. The van der Waals surface area contributed by atoms with E-state index >= 15 is 0 Å². The third-order valence-electron chi connectivity index (χ3n) is 3.95. The summed E-state index contributed by atoms with van der Waals surface area (Å²) in [4.78, 5) is 25.4. The average molecular weight is 284 g/mol. The first-order valence-corrected chi connectivity index (χ1v) is 7.40. The molecule has 1 heterocycles. The molecule has 1 amide bonds. The number of nitrogens with zero attached hydrogens (tertiary/aromatic N) is 1. The quantitative estimate of drug-likeness (QED) is 0.753. The van der Waals surface area contributed by atoms with E-state index in [1.165, 1.54) is 26.4 Å². The van der Waals surface area contributed by atoms with Crippen LogP contribution in [0.3, 0.4) is 0 Å². The number of hydrogen-bond donors (Lipinski definition) is 1. The lowest BCUT2D eigenvalue weighted by Gasteiger charge is -2.31. The molecule has 1 atom stereocenters. The summed E-state index contributed by atoms with van der Waals surface area (Å²) in [6, 6.07) is 0.327. The monoisotopic (exact) mass is 284 g/mol. The van der Waals surface area contributed by atoms with E-state index in [0.717, 1.165) is 12.8 Å². The van der Waals surface area contributed by atoms with Gasteiger partial charge in [-0.15, -0.1) is 0 Å². The summed E-state index contributed by atoms with van der Waals surface area (Å²) >= 11 is 0. The van der Waals surface area contributed by atoms with Gasteiger partial charge in [0.05, 0.1) is 20.3 Å². The lowest BCUT2D eigenvalue weighted by Crippen LogP contribution is -2.50. The van der Waals surface area contributed by atoms with Crippen molar-refractivity contribution < 1.29 is 19.1 Å². The Bertz CT molecular complexity index is 342. The van der Waals surface area contributed by atoms with Crippen LogP contribution < -0.4 is 5.32 Å². The van der Waals surface area contributed by atoms with Crippen molar-refractivity contribution in [2.45, 2.75) is 44.2 Å². The van der Waals surface area contributed by atoms with Crippen molar-refractivity contribution in [3.05, 3.63) is 0 Å². The molecule has 1 aliphatic carbocycles. The highest BCUT2D eigenvalue weighted by atomic mass is 16.6. The topological polar surface area (TPSA) is 67.9 Å². The normalized spacial score (nSPS) is 25.1. The number of esters is 1. The first-order chi connectivity index (χ1) is 9.69. The summed E-state index contributed by atoms with van der Waals surface area (Å²) in [5, 5.41) is 3.09. The molecule has 1 N–H and O–H groups in total. The van der Waals surface area contributed by atoms with Gasteiger partial charge < -0.3 is 14.8 Å². The fourth-order valence-electron chi connectivity index (χ4n) is 2.84. The number of carbonyl (C=O) groups excluding carboxylic acids is 2. The Hall–Kier alpha value is -1.14. The fourth-order valence-corrected chi connectivity index (χ4v) is 2.84. The Morgan fingerprint density at radius 2 is 2.05 bits per heavy atom. The molecule has 0 aromatic rings. The number of morpholine rings is 1. The molecule has 1 saturated carbocycles. The van der Waals surface area contributed by atoms with E-state index in [9.17, 15) is 9.59 Å². The fraction of sp³-hybridized carbons (Fsp3) is 0.857. The Labute approximate surface area is 119 Å². The Morgan fingerprint density at radius 3 is 2.75 bits per heavy atom. The molecule has 6 heteroatoms. The van der Waals surface area contributed by atoms with Crippen LogP contribution in [-0.2, 0) is 19.1 Å². The molecule has 1 saturated heterocycles. The summed E-state index contributed by atoms with van der Waals surface area (Å²) in [6.45, 7) is 1.88. The number of hydrogen-bond acceptors (Lipinski definition) is 5. The van der Waals surface area contributed by atoms with Gasteiger partial charge in [0.15, 0.2) is 6.10 Å². The maximum atomic E-state index is 12.0. The van der Waals surface area contributed by atoms with Gasteiger partial charge in [0, 0.05) is 19.1 Å². The van der Waals surface area contributed by atoms with Crippen LogP contribution in [0.2, 0.25) is 0 Å². The van der Waals surface area contributed by atoms with Crippen LogP contribution in [-0.4, -0.2) is 62.3 Å². The largest absolute Gasteiger partial charge is 0.467 e. The molecule has 1 unspecified atom stereocenters. The SMILES string of the molecule is COC(=O)C1CN(CC(=O)NC2CCCCC2)CCO1. The number of amides is 1. The number of methoxy groups -OCH3 is 1. The maximum Gasteiger partial charge on any atom is 0.336 e. The number of ether oxygens (including phenoxy) is 2. The van der Waals surface area contributed by atoms with Crippen molar-refractivity contribution in [2.75, 3.05) is 33.4 Å². The van der Waals surface area contributed by atoms with E-state index in [1.807, 2.05) is 4.90 Å². The predicted molar refractivity (Wildman–Crippen MR) is 73.2 cm³/mol. The summed E-state index contributed by atoms with van der Waals surface area (Å²) in [6.07, 6.45) is 5.27. The molecule has 114 valence electrons. The molecule has 0 spiro atoms. The maximum absolute atomic E-state index is 12.0. The summed E-state index contributed by atoms with van der Waals surface area (Å²) in [5.74, 6) is -0.329. The third kappa shape index (κ3) is 4.45. The number of nitrogens with one attached hydrogen (secondary N) is 1. The van der Waals surface area contributed by atoms with Crippen molar-refractivity contribution in [3.8, 4) is 0 Å². The summed E-state index contributed by atoms with van der Waals surface area (Å²) in [7, 11) is 1.35. The number of carbonyl (C=O) groups is 2. The van der Waals surface area contributed by atoms with Crippen molar-refractivity contribution in [2.24, 2.45) is 0 Å². The van der Waals surface area contributed by atoms with Gasteiger partial charge in [-0.2, -0.15) is 0 Å². The minimum atomic E-state index is -0.573. The highest BCUT2D eigenvalue weighted by Gasteiger charge is 2.28. The van der Waals surface area contributed by atoms with Crippen LogP contribution in [0.25, 0.3) is 0 Å². The molecular weight excluding hydrogens is 260 g/mol. The van der Waals surface area contributed by atoms with Gasteiger partial charge in [-0.1, -0.05) is 19.3 Å². The summed E-state index contributed by atoms with van der Waals surface area (Å²) in [5.41, 5.74) is 0. The second-order valence-corrected chi connectivity index (χ2v) is 5.52. The molecule has 6 nitrogen and oxygen atoms in total. The van der Waals surface area contributed by atoms with Crippen LogP contribution in [0, 0.1) is 0 Å². The standard InChI is InChI=1S/C14H24N2O4/c1-19-14(18)12-9-16(7-8-20-12)10-13(17)15-11-5-3-2-4-6-11/h11-12H,2-10H2,1H3,(H,15,17). The van der Waals surface area contributed by atoms with Crippen LogP contribution in [0.1, 0.15) is 32.1 Å². The lowest BCUT2D eigenvalue weighted by molar-refractivity contribution is -0.160. The smallest absolute Gasteiger partial charge is 0.336 e. The first kappa shape index (κ1) is 15.3. The Morgan fingerprint density at radius 1 is 1.30 bits per heavy atom.